The van der Waals surface area contributed by atoms with Gasteiger partial charge in [0.05, 0.1) is 17.1 Å². The summed E-state index contributed by atoms with van der Waals surface area (Å²) in [5.41, 5.74) is 7.68. The average molecular weight is 340 g/mol. The third kappa shape index (κ3) is 3.98. The van der Waals surface area contributed by atoms with Crippen molar-refractivity contribution in [3.8, 4) is 0 Å². The second-order valence-electron chi connectivity index (χ2n) is 4.09. The second kappa shape index (κ2) is 6.08. The molecule has 0 fully saturated rings. The zero-order valence-electron chi connectivity index (χ0n) is 9.99. The van der Waals surface area contributed by atoms with Gasteiger partial charge in [-0.1, -0.05) is 39.7 Å². The molecular formula is C14H12BrClN2O. The Hall–Kier alpha value is -1.52. The number of nitrogen functional groups attached to an aromatic ring is 1. The second-order valence-corrected chi connectivity index (χ2v) is 5.41. The minimum absolute atomic E-state index is 0.130. The number of benzene rings is 2. The molecule has 0 unspecified atom stereocenters. The van der Waals surface area contributed by atoms with Crippen LogP contribution in [0.1, 0.15) is 5.56 Å². The van der Waals surface area contributed by atoms with E-state index in [2.05, 4.69) is 21.2 Å². The van der Waals surface area contributed by atoms with Crippen LogP contribution in [0.25, 0.3) is 0 Å². The van der Waals surface area contributed by atoms with Crippen LogP contribution >= 0.6 is 27.5 Å². The molecule has 0 spiro atoms. The zero-order chi connectivity index (χ0) is 13.8. The molecule has 2 rings (SSSR count). The number of nitrogens with one attached hydrogen (secondary N) is 1. The normalized spacial score (nSPS) is 10.2. The highest BCUT2D eigenvalue weighted by Crippen LogP contribution is 2.24. The van der Waals surface area contributed by atoms with E-state index < -0.39 is 0 Å². The molecule has 19 heavy (non-hydrogen) atoms. The van der Waals surface area contributed by atoms with E-state index in [0.29, 0.717) is 22.8 Å². The van der Waals surface area contributed by atoms with Gasteiger partial charge in [0.2, 0.25) is 5.91 Å². The van der Waals surface area contributed by atoms with Crippen molar-refractivity contribution in [3.05, 3.63) is 57.5 Å². The molecule has 2 aromatic rings. The minimum Gasteiger partial charge on any atom is -0.399 e. The number of carbonyl (C=O) groups excluding carboxylic acids is 1. The smallest absolute Gasteiger partial charge is 0.228 e. The van der Waals surface area contributed by atoms with Gasteiger partial charge in [0, 0.05) is 10.2 Å². The van der Waals surface area contributed by atoms with Crippen molar-refractivity contribution < 1.29 is 4.79 Å². The largest absolute Gasteiger partial charge is 0.399 e. The first-order chi connectivity index (χ1) is 9.04. The lowest BCUT2D eigenvalue weighted by Gasteiger charge is -2.08. The maximum absolute atomic E-state index is 11.9. The predicted octanol–water partition coefficient (Wildman–Crippen LogP) is 3.87. The molecule has 0 bridgehead atoms. The van der Waals surface area contributed by atoms with E-state index in [1.807, 2.05) is 24.3 Å². The molecule has 5 heteroatoms. The van der Waals surface area contributed by atoms with Crippen LogP contribution in [0, 0.1) is 0 Å². The topological polar surface area (TPSA) is 55.1 Å². The van der Waals surface area contributed by atoms with Gasteiger partial charge in [-0.25, -0.2) is 0 Å². The number of carbonyl (C=O) groups is 1. The van der Waals surface area contributed by atoms with Crippen molar-refractivity contribution in [3.63, 3.8) is 0 Å². The molecule has 3 nitrogen and oxygen atoms in total. The maximum atomic E-state index is 11.9. The Bertz CT molecular complexity index is 599. The molecule has 0 atom stereocenters. The average Bonchev–Trinajstić information content (AvgIpc) is 2.37. The number of amides is 1. The van der Waals surface area contributed by atoms with Gasteiger partial charge in [-0.15, -0.1) is 0 Å². The highest BCUT2D eigenvalue weighted by Gasteiger charge is 2.07. The van der Waals surface area contributed by atoms with E-state index in [-0.39, 0.29) is 5.91 Å². The molecule has 0 aliphatic rings. The number of nitrogens with two attached hydrogens (primary N) is 1. The fraction of sp³-hybridized carbons (Fsp3) is 0.0714. The van der Waals surface area contributed by atoms with Gasteiger partial charge in [0.1, 0.15) is 0 Å². The number of hydrogen-bond donors (Lipinski definition) is 2. The SMILES string of the molecule is Nc1ccc(Cl)c(NC(=O)Cc2ccc(Br)cc2)c1. The quantitative estimate of drug-likeness (QED) is 0.834. The molecule has 0 aliphatic heterocycles. The molecule has 2 aromatic carbocycles. The molecule has 98 valence electrons. The lowest BCUT2D eigenvalue weighted by Crippen LogP contribution is -2.14. The summed E-state index contributed by atoms with van der Waals surface area (Å²) in [5.74, 6) is -0.130. The molecule has 3 N–H and O–H groups in total. The Balaban J connectivity index is 2.05. The monoisotopic (exact) mass is 338 g/mol. The Morgan fingerprint density at radius 3 is 2.58 bits per heavy atom. The molecule has 0 saturated heterocycles. The fourth-order valence-corrected chi connectivity index (χ4v) is 2.05. The van der Waals surface area contributed by atoms with Crippen molar-refractivity contribution in [2.24, 2.45) is 0 Å². The highest BCUT2D eigenvalue weighted by molar-refractivity contribution is 9.10. The number of halogens is 2. The van der Waals surface area contributed by atoms with E-state index in [1.54, 1.807) is 18.2 Å². The summed E-state index contributed by atoms with van der Waals surface area (Å²) in [5, 5.41) is 3.22. The Morgan fingerprint density at radius 1 is 1.21 bits per heavy atom. The van der Waals surface area contributed by atoms with Crippen LogP contribution in [0.5, 0.6) is 0 Å². The van der Waals surface area contributed by atoms with Crippen LogP contribution in [-0.4, -0.2) is 5.91 Å². The standard InChI is InChI=1S/C14H12BrClN2O/c15-10-3-1-9(2-4-10)7-14(19)18-13-8-11(17)5-6-12(13)16/h1-6,8H,7,17H2,(H,18,19). The zero-order valence-corrected chi connectivity index (χ0v) is 12.3. The predicted molar refractivity (Wildman–Crippen MR) is 82.3 cm³/mol. The Labute approximate surface area is 124 Å². The van der Waals surface area contributed by atoms with Crippen molar-refractivity contribution in [2.45, 2.75) is 6.42 Å². The third-order valence-corrected chi connectivity index (χ3v) is 3.40. The van der Waals surface area contributed by atoms with Gasteiger partial charge in [-0.2, -0.15) is 0 Å². The van der Waals surface area contributed by atoms with Crippen LogP contribution < -0.4 is 11.1 Å². The van der Waals surface area contributed by atoms with Gasteiger partial charge >= 0.3 is 0 Å². The number of hydrogen-bond acceptors (Lipinski definition) is 2. The summed E-state index contributed by atoms with van der Waals surface area (Å²) in [6, 6.07) is 12.6. The Kier molecular flexibility index (Phi) is 4.45. The van der Waals surface area contributed by atoms with Crippen molar-refractivity contribution in [1.82, 2.24) is 0 Å². The summed E-state index contributed by atoms with van der Waals surface area (Å²) in [6.07, 6.45) is 0.290. The van der Waals surface area contributed by atoms with Crippen LogP contribution in [0.15, 0.2) is 46.9 Å². The number of rotatable bonds is 3. The summed E-state index contributed by atoms with van der Waals surface area (Å²) in [7, 11) is 0. The fourth-order valence-electron chi connectivity index (χ4n) is 1.62. The summed E-state index contributed by atoms with van der Waals surface area (Å²) in [4.78, 5) is 11.9. The number of anilines is 2. The first-order valence-electron chi connectivity index (χ1n) is 5.64. The van der Waals surface area contributed by atoms with E-state index >= 15 is 0 Å². The summed E-state index contributed by atoms with van der Waals surface area (Å²) >= 11 is 9.34. The molecule has 0 saturated carbocycles. The first-order valence-corrected chi connectivity index (χ1v) is 6.81. The molecule has 0 aromatic heterocycles. The van der Waals surface area contributed by atoms with Gasteiger partial charge in [-0.3, -0.25) is 4.79 Å². The van der Waals surface area contributed by atoms with E-state index in [0.717, 1.165) is 10.0 Å². The summed E-state index contributed by atoms with van der Waals surface area (Å²) < 4.78 is 0.982. The van der Waals surface area contributed by atoms with Crippen molar-refractivity contribution in [1.29, 1.82) is 0 Å². The minimum atomic E-state index is -0.130. The van der Waals surface area contributed by atoms with E-state index in [1.165, 1.54) is 0 Å². The van der Waals surface area contributed by atoms with Gasteiger partial charge in [-0.05, 0) is 35.9 Å². The van der Waals surface area contributed by atoms with Crippen molar-refractivity contribution >= 4 is 44.8 Å². The van der Waals surface area contributed by atoms with Gasteiger partial charge < -0.3 is 11.1 Å². The van der Waals surface area contributed by atoms with Crippen LogP contribution in [-0.2, 0) is 11.2 Å². The van der Waals surface area contributed by atoms with Gasteiger partial charge in [0.15, 0.2) is 0 Å². The molecule has 0 radical (unpaired) electrons. The molecular weight excluding hydrogens is 328 g/mol. The molecule has 0 aliphatic carbocycles. The lowest BCUT2D eigenvalue weighted by molar-refractivity contribution is -0.115. The van der Waals surface area contributed by atoms with Crippen LogP contribution in [0.3, 0.4) is 0 Å². The first kappa shape index (κ1) is 13.9. The van der Waals surface area contributed by atoms with Crippen LogP contribution in [0.2, 0.25) is 5.02 Å². The van der Waals surface area contributed by atoms with E-state index in [9.17, 15) is 4.79 Å². The third-order valence-electron chi connectivity index (χ3n) is 2.54. The maximum Gasteiger partial charge on any atom is 0.228 e. The molecule has 1 amide bonds. The lowest BCUT2D eigenvalue weighted by atomic mass is 10.1. The van der Waals surface area contributed by atoms with Crippen LogP contribution in [0.4, 0.5) is 11.4 Å². The molecule has 0 heterocycles. The highest BCUT2D eigenvalue weighted by atomic mass is 79.9. The Morgan fingerprint density at radius 2 is 1.89 bits per heavy atom. The van der Waals surface area contributed by atoms with E-state index in [4.69, 9.17) is 17.3 Å². The summed E-state index contributed by atoms with van der Waals surface area (Å²) in [6.45, 7) is 0. The van der Waals surface area contributed by atoms with Crippen molar-refractivity contribution in [2.75, 3.05) is 11.1 Å². The van der Waals surface area contributed by atoms with Gasteiger partial charge in [0.25, 0.3) is 0 Å².